The Bertz CT molecular complexity index is 435. The number of carbonyl (C=O) groups is 2. The van der Waals surface area contributed by atoms with Gasteiger partial charge in [0.2, 0.25) is 0 Å². The standard InChI is InChI=1S/C15H24N4O2/c1-2-3-4-9-18-11-6-15(7-12-18)13(20)19(10-5-8-16)14(21)17-15/h2-7,9-12H2,1H3,(H,17,21). The first-order valence-electron chi connectivity index (χ1n) is 7.86. The Hall–Kier alpha value is -1.61. The molecular formula is C15H24N4O2. The number of hydrogen-bond acceptors (Lipinski definition) is 4. The molecule has 0 saturated carbocycles. The lowest BCUT2D eigenvalue weighted by Crippen LogP contribution is -2.55. The van der Waals surface area contributed by atoms with Crippen LogP contribution in [0.3, 0.4) is 0 Å². The van der Waals surface area contributed by atoms with E-state index in [1.54, 1.807) is 0 Å². The van der Waals surface area contributed by atoms with Crippen molar-refractivity contribution in [3.05, 3.63) is 0 Å². The van der Waals surface area contributed by atoms with Gasteiger partial charge < -0.3 is 10.2 Å². The fraction of sp³-hybridized carbons (Fsp3) is 0.800. The van der Waals surface area contributed by atoms with Gasteiger partial charge in [0, 0.05) is 19.6 Å². The van der Waals surface area contributed by atoms with Crippen molar-refractivity contribution in [3.63, 3.8) is 0 Å². The molecule has 3 amide bonds. The summed E-state index contributed by atoms with van der Waals surface area (Å²) in [4.78, 5) is 28.0. The number of piperidine rings is 1. The summed E-state index contributed by atoms with van der Waals surface area (Å²) in [6.07, 6.45) is 5.18. The molecule has 1 N–H and O–H groups in total. The molecule has 0 bridgehead atoms. The van der Waals surface area contributed by atoms with E-state index in [-0.39, 0.29) is 24.9 Å². The van der Waals surface area contributed by atoms with Crippen LogP contribution in [-0.4, -0.2) is 53.5 Å². The van der Waals surface area contributed by atoms with Gasteiger partial charge in [0.1, 0.15) is 5.54 Å². The molecule has 0 aromatic heterocycles. The molecule has 0 aliphatic carbocycles. The predicted octanol–water partition coefficient (Wildman–Crippen LogP) is 1.48. The van der Waals surface area contributed by atoms with E-state index in [0.717, 1.165) is 19.6 Å². The zero-order valence-corrected chi connectivity index (χ0v) is 12.7. The van der Waals surface area contributed by atoms with Crippen molar-refractivity contribution in [1.82, 2.24) is 15.1 Å². The lowest BCUT2D eigenvalue weighted by molar-refractivity contribution is -0.132. The van der Waals surface area contributed by atoms with Crippen molar-refractivity contribution >= 4 is 11.9 Å². The Morgan fingerprint density at radius 1 is 1.24 bits per heavy atom. The first-order valence-corrected chi connectivity index (χ1v) is 7.86. The maximum Gasteiger partial charge on any atom is 0.325 e. The minimum atomic E-state index is -0.714. The number of urea groups is 1. The van der Waals surface area contributed by atoms with Gasteiger partial charge in [-0.05, 0) is 25.8 Å². The van der Waals surface area contributed by atoms with Crippen molar-refractivity contribution in [2.45, 2.75) is 51.0 Å². The van der Waals surface area contributed by atoms with Crippen LogP contribution in [0.25, 0.3) is 0 Å². The van der Waals surface area contributed by atoms with Crippen molar-refractivity contribution in [3.8, 4) is 6.07 Å². The Balaban J connectivity index is 1.89. The Morgan fingerprint density at radius 3 is 2.57 bits per heavy atom. The zero-order chi connectivity index (χ0) is 15.3. The van der Waals surface area contributed by atoms with E-state index in [9.17, 15) is 9.59 Å². The summed E-state index contributed by atoms with van der Waals surface area (Å²) in [7, 11) is 0. The van der Waals surface area contributed by atoms with Crippen molar-refractivity contribution < 1.29 is 9.59 Å². The summed E-state index contributed by atoms with van der Waals surface area (Å²) >= 11 is 0. The molecule has 6 nitrogen and oxygen atoms in total. The van der Waals surface area contributed by atoms with Crippen molar-refractivity contribution in [2.75, 3.05) is 26.2 Å². The fourth-order valence-corrected chi connectivity index (χ4v) is 3.12. The van der Waals surface area contributed by atoms with Crippen LogP contribution >= 0.6 is 0 Å². The van der Waals surface area contributed by atoms with E-state index >= 15 is 0 Å². The highest BCUT2D eigenvalue weighted by Gasteiger charge is 2.51. The van der Waals surface area contributed by atoms with E-state index in [4.69, 9.17) is 5.26 Å². The number of nitriles is 1. The monoisotopic (exact) mass is 292 g/mol. The van der Waals surface area contributed by atoms with Crippen LogP contribution in [-0.2, 0) is 4.79 Å². The van der Waals surface area contributed by atoms with E-state index in [1.165, 1.54) is 24.2 Å². The molecule has 0 aromatic rings. The van der Waals surface area contributed by atoms with Crippen molar-refractivity contribution in [2.24, 2.45) is 0 Å². The number of unbranched alkanes of at least 4 members (excludes halogenated alkanes) is 2. The second-order valence-corrected chi connectivity index (χ2v) is 5.93. The lowest BCUT2D eigenvalue weighted by Gasteiger charge is -2.37. The molecule has 21 heavy (non-hydrogen) atoms. The molecule has 0 unspecified atom stereocenters. The molecule has 2 rings (SSSR count). The number of hydrogen-bond donors (Lipinski definition) is 1. The van der Waals surface area contributed by atoms with Gasteiger partial charge in [0.15, 0.2) is 0 Å². The third kappa shape index (κ3) is 3.35. The number of imide groups is 1. The first-order chi connectivity index (χ1) is 10.1. The van der Waals surface area contributed by atoms with Crippen LogP contribution in [0.5, 0.6) is 0 Å². The molecule has 0 aromatic carbocycles. The number of carbonyl (C=O) groups excluding carboxylic acids is 2. The smallest absolute Gasteiger partial charge is 0.323 e. The largest absolute Gasteiger partial charge is 0.325 e. The van der Waals surface area contributed by atoms with Gasteiger partial charge in [0.05, 0.1) is 12.5 Å². The SMILES string of the molecule is CCCCCN1CCC2(CC1)NC(=O)N(CCC#N)C2=O. The summed E-state index contributed by atoms with van der Waals surface area (Å²) in [6, 6.07) is 1.64. The third-order valence-electron chi connectivity index (χ3n) is 4.48. The molecule has 2 aliphatic rings. The molecule has 2 aliphatic heterocycles. The minimum absolute atomic E-state index is 0.143. The fourth-order valence-electron chi connectivity index (χ4n) is 3.12. The van der Waals surface area contributed by atoms with Crippen LogP contribution in [0.15, 0.2) is 0 Å². The topological polar surface area (TPSA) is 76.4 Å². The number of nitrogens with zero attached hydrogens (tertiary/aromatic N) is 3. The third-order valence-corrected chi connectivity index (χ3v) is 4.48. The van der Waals surface area contributed by atoms with Gasteiger partial charge in [-0.1, -0.05) is 19.8 Å². The molecule has 0 radical (unpaired) electrons. The summed E-state index contributed by atoms with van der Waals surface area (Å²) in [5.74, 6) is -0.143. The molecule has 2 fully saturated rings. The van der Waals surface area contributed by atoms with Crippen LogP contribution in [0.2, 0.25) is 0 Å². The molecule has 0 atom stereocenters. The van der Waals surface area contributed by atoms with Gasteiger partial charge in [-0.2, -0.15) is 5.26 Å². The molecule has 6 heteroatoms. The molecule has 116 valence electrons. The zero-order valence-electron chi connectivity index (χ0n) is 12.7. The summed E-state index contributed by atoms with van der Waals surface area (Å²) in [6.45, 7) is 5.16. The van der Waals surface area contributed by atoms with Crippen LogP contribution in [0.1, 0.15) is 45.4 Å². The van der Waals surface area contributed by atoms with Gasteiger partial charge in [-0.25, -0.2) is 4.79 Å². The summed E-state index contributed by atoms with van der Waals surface area (Å²) < 4.78 is 0. The summed E-state index contributed by atoms with van der Waals surface area (Å²) in [5.41, 5.74) is -0.714. The minimum Gasteiger partial charge on any atom is -0.323 e. The highest BCUT2D eigenvalue weighted by atomic mass is 16.2. The lowest BCUT2D eigenvalue weighted by atomic mass is 9.87. The Morgan fingerprint density at radius 2 is 1.95 bits per heavy atom. The number of likely N-dealkylation sites (tertiary alicyclic amines) is 1. The molecule has 1 spiro atoms. The van der Waals surface area contributed by atoms with Gasteiger partial charge in [-0.15, -0.1) is 0 Å². The van der Waals surface area contributed by atoms with Gasteiger partial charge in [-0.3, -0.25) is 9.69 Å². The highest BCUT2D eigenvalue weighted by Crippen LogP contribution is 2.29. The normalized spacial score (nSPS) is 21.6. The van der Waals surface area contributed by atoms with E-state index < -0.39 is 5.54 Å². The Kier molecular flexibility index (Phi) is 5.18. The van der Waals surface area contributed by atoms with Crippen LogP contribution < -0.4 is 5.32 Å². The van der Waals surface area contributed by atoms with Crippen LogP contribution in [0.4, 0.5) is 4.79 Å². The first kappa shape index (κ1) is 15.8. The maximum absolute atomic E-state index is 12.5. The van der Waals surface area contributed by atoms with E-state index in [0.29, 0.717) is 12.8 Å². The second-order valence-electron chi connectivity index (χ2n) is 5.93. The molecular weight excluding hydrogens is 268 g/mol. The van der Waals surface area contributed by atoms with Crippen LogP contribution in [0, 0.1) is 11.3 Å². The molecule has 2 heterocycles. The Labute approximate surface area is 126 Å². The van der Waals surface area contributed by atoms with E-state index in [1.807, 2.05) is 6.07 Å². The maximum atomic E-state index is 12.5. The van der Waals surface area contributed by atoms with E-state index in [2.05, 4.69) is 17.1 Å². The number of rotatable bonds is 6. The predicted molar refractivity (Wildman–Crippen MR) is 78.4 cm³/mol. The van der Waals surface area contributed by atoms with Gasteiger partial charge >= 0.3 is 6.03 Å². The van der Waals surface area contributed by atoms with Gasteiger partial charge in [0.25, 0.3) is 5.91 Å². The summed E-state index contributed by atoms with van der Waals surface area (Å²) in [5, 5.41) is 11.5. The molecule has 2 saturated heterocycles. The average Bonchev–Trinajstić information content (AvgIpc) is 2.71. The average molecular weight is 292 g/mol. The number of nitrogens with one attached hydrogen (secondary N) is 1. The number of amides is 3. The second kappa shape index (κ2) is 6.90. The highest BCUT2D eigenvalue weighted by molar-refractivity contribution is 6.07. The quantitative estimate of drug-likeness (QED) is 0.594. The van der Waals surface area contributed by atoms with Crippen molar-refractivity contribution in [1.29, 1.82) is 5.26 Å².